The van der Waals surface area contributed by atoms with Gasteiger partial charge in [-0.1, -0.05) is 23.7 Å². The molecule has 0 aliphatic heterocycles. The summed E-state index contributed by atoms with van der Waals surface area (Å²) < 4.78 is 0. The van der Waals surface area contributed by atoms with Gasteiger partial charge in [-0.2, -0.15) is 0 Å². The van der Waals surface area contributed by atoms with Crippen LogP contribution in [-0.2, 0) is 6.42 Å². The molecule has 0 saturated heterocycles. The van der Waals surface area contributed by atoms with Gasteiger partial charge in [0.25, 0.3) is 5.69 Å². The van der Waals surface area contributed by atoms with Gasteiger partial charge >= 0.3 is 0 Å². The minimum atomic E-state index is -0.477. The number of nitro benzene ring substituents is 1. The Hall–Kier alpha value is -2.27. The number of halogens is 1. The summed E-state index contributed by atoms with van der Waals surface area (Å²) in [6.07, 6.45) is 0.744. The maximum absolute atomic E-state index is 10.7. The van der Waals surface area contributed by atoms with Crippen molar-refractivity contribution in [1.29, 1.82) is 0 Å². The van der Waals surface area contributed by atoms with Crippen molar-refractivity contribution in [2.24, 2.45) is 0 Å². The Kier molecular flexibility index (Phi) is 4.65. The third-order valence-electron chi connectivity index (χ3n) is 3.04. The summed E-state index contributed by atoms with van der Waals surface area (Å²) in [5, 5.41) is 23.4. The second kappa shape index (κ2) is 6.45. The molecule has 21 heavy (non-hydrogen) atoms. The summed E-state index contributed by atoms with van der Waals surface area (Å²) >= 11 is 6.04. The molecule has 0 spiro atoms. The van der Waals surface area contributed by atoms with Crippen LogP contribution in [0.5, 0.6) is 5.75 Å². The Bertz CT molecular complexity index is 644. The van der Waals surface area contributed by atoms with Crippen molar-refractivity contribution < 1.29 is 10.0 Å². The Morgan fingerprint density at radius 3 is 2.52 bits per heavy atom. The number of aromatic hydroxyl groups is 1. The van der Waals surface area contributed by atoms with Gasteiger partial charge in [-0.25, -0.2) is 0 Å². The Balaban J connectivity index is 2.04. The summed E-state index contributed by atoms with van der Waals surface area (Å²) in [6.45, 7) is 1.99. The van der Waals surface area contributed by atoms with E-state index in [1.54, 1.807) is 18.2 Å². The van der Waals surface area contributed by atoms with Gasteiger partial charge in [-0.3, -0.25) is 10.1 Å². The molecule has 2 rings (SSSR count). The topological polar surface area (TPSA) is 75.4 Å². The molecule has 0 amide bonds. The lowest BCUT2D eigenvalue weighted by Crippen LogP contribution is -2.18. The van der Waals surface area contributed by atoms with Crippen molar-refractivity contribution in [3.05, 3.63) is 63.2 Å². The van der Waals surface area contributed by atoms with Crippen LogP contribution in [-0.4, -0.2) is 16.1 Å². The number of nitrogens with zero attached hydrogens (tertiary/aromatic N) is 1. The van der Waals surface area contributed by atoms with Crippen LogP contribution in [0.4, 0.5) is 11.4 Å². The smallest absolute Gasteiger partial charge is 0.271 e. The fourth-order valence-corrected chi connectivity index (χ4v) is 2.27. The minimum Gasteiger partial charge on any atom is -0.508 e. The first kappa shape index (κ1) is 15.1. The Labute approximate surface area is 127 Å². The Morgan fingerprint density at radius 1 is 1.29 bits per heavy atom. The molecular weight excluding hydrogens is 292 g/mol. The minimum absolute atomic E-state index is 0.0308. The fourth-order valence-electron chi connectivity index (χ4n) is 2.04. The quantitative estimate of drug-likeness (QED) is 0.647. The van der Waals surface area contributed by atoms with E-state index in [0.717, 1.165) is 12.0 Å². The highest BCUT2D eigenvalue weighted by atomic mass is 35.5. The lowest BCUT2D eigenvalue weighted by Gasteiger charge is -2.16. The monoisotopic (exact) mass is 306 g/mol. The van der Waals surface area contributed by atoms with E-state index in [1.807, 2.05) is 19.1 Å². The van der Waals surface area contributed by atoms with Crippen LogP contribution in [0.1, 0.15) is 12.5 Å². The van der Waals surface area contributed by atoms with E-state index in [9.17, 15) is 15.2 Å². The van der Waals surface area contributed by atoms with Crippen molar-refractivity contribution in [3.8, 4) is 5.75 Å². The lowest BCUT2D eigenvalue weighted by atomic mass is 10.1. The van der Waals surface area contributed by atoms with Crippen LogP contribution in [0.3, 0.4) is 0 Å². The fraction of sp³-hybridized carbons (Fsp3) is 0.200. The molecule has 2 N–H and O–H groups in total. The number of rotatable bonds is 5. The van der Waals surface area contributed by atoms with Gasteiger partial charge in [0.2, 0.25) is 0 Å². The zero-order chi connectivity index (χ0) is 15.4. The van der Waals surface area contributed by atoms with Crippen LogP contribution in [0.2, 0.25) is 5.02 Å². The van der Waals surface area contributed by atoms with Gasteiger partial charge in [0.05, 0.1) is 15.6 Å². The van der Waals surface area contributed by atoms with E-state index in [4.69, 9.17) is 11.6 Å². The normalized spacial score (nSPS) is 11.9. The van der Waals surface area contributed by atoms with Crippen LogP contribution < -0.4 is 5.32 Å². The molecule has 0 saturated carbocycles. The first-order valence-corrected chi connectivity index (χ1v) is 6.82. The number of non-ortho nitro benzene ring substituents is 1. The van der Waals surface area contributed by atoms with Crippen LogP contribution in [0, 0.1) is 10.1 Å². The van der Waals surface area contributed by atoms with E-state index < -0.39 is 4.92 Å². The van der Waals surface area contributed by atoms with E-state index in [2.05, 4.69) is 5.32 Å². The van der Waals surface area contributed by atoms with Crippen LogP contribution in [0.15, 0.2) is 42.5 Å². The maximum Gasteiger partial charge on any atom is 0.271 e. The predicted molar refractivity (Wildman–Crippen MR) is 83.0 cm³/mol. The number of nitro groups is 1. The number of hydrogen-bond donors (Lipinski definition) is 2. The summed E-state index contributed by atoms with van der Waals surface area (Å²) in [5.74, 6) is 0.234. The summed E-state index contributed by atoms with van der Waals surface area (Å²) in [5.41, 5.74) is 1.70. The first-order chi connectivity index (χ1) is 9.95. The van der Waals surface area contributed by atoms with E-state index in [0.29, 0.717) is 10.7 Å². The number of hydrogen-bond acceptors (Lipinski definition) is 4. The van der Waals surface area contributed by atoms with Gasteiger partial charge in [0, 0.05) is 18.2 Å². The molecule has 0 aromatic heterocycles. The number of phenolic OH excluding ortho intramolecular Hbond substituents is 1. The third-order valence-corrected chi connectivity index (χ3v) is 3.36. The summed E-state index contributed by atoms with van der Waals surface area (Å²) in [4.78, 5) is 10.2. The molecule has 1 unspecified atom stereocenters. The molecule has 0 radical (unpaired) electrons. The molecular formula is C15H15ClN2O3. The standard InChI is InChI=1S/C15H15ClN2O3/c1-10(8-11-2-5-13(19)6-3-11)17-15-7-4-12(18(20)21)9-14(15)16/h2-7,9-10,17,19H,8H2,1H3. The zero-order valence-electron chi connectivity index (χ0n) is 11.4. The highest BCUT2D eigenvalue weighted by molar-refractivity contribution is 6.33. The highest BCUT2D eigenvalue weighted by Gasteiger charge is 2.11. The van der Waals surface area contributed by atoms with E-state index in [1.165, 1.54) is 12.1 Å². The molecule has 1 atom stereocenters. The maximum atomic E-state index is 10.7. The van der Waals surface area contributed by atoms with Crippen molar-refractivity contribution in [2.75, 3.05) is 5.32 Å². The molecule has 0 heterocycles. The molecule has 110 valence electrons. The largest absolute Gasteiger partial charge is 0.508 e. The summed E-state index contributed by atoms with van der Waals surface area (Å²) in [6, 6.07) is 11.4. The average Bonchev–Trinajstić information content (AvgIpc) is 2.43. The average molecular weight is 307 g/mol. The van der Waals surface area contributed by atoms with E-state index >= 15 is 0 Å². The number of phenols is 1. The van der Waals surface area contributed by atoms with Crippen molar-refractivity contribution in [1.82, 2.24) is 0 Å². The molecule has 0 fully saturated rings. The summed E-state index contributed by atoms with van der Waals surface area (Å²) in [7, 11) is 0. The van der Waals surface area contributed by atoms with Crippen LogP contribution >= 0.6 is 11.6 Å². The number of nitrogens with one attached hydrogen (secondary N) is 1. The Morgan fingerprint density at radius 2 is 1.95 bits per heavy atom. The molecule has 0 aliphatic rings. The zero-order valence-corrected chi connectivity index (χ0v) is 12.2. The van der Waals surface area contributed by atoms with Gasteiger partial charge in [-0.15, -0.1) is 0 Å². The molecule has 0 bridgehead atoms. The second-order valence-electron chi connectivity index (χ2n) is 4.84. The van der Waals surface area contributed by atoms with Crippen molar-refractivity contribution in [2.45, 2.75) is 19.4 Å². The molecule has 2 aromatic carbocycles. The molecule has 2 aromatic rings. The van der Waals surface area contributed by atoms with Crippen LogP contribution in [0.25, 0.3) is 0 Å². The van der Waals surface area contributed by atoms with Gasteiger partial charge in [0.1, 0.15) is 5.75 Å². The van der Waals surface area contributed by atoms with Gasteiger partial charge < -0.3 is 10.4 Å². The second-order valence-corrected chi connectivity index (χ2v) is 5.24. The SMILES string of the molecule is CC(Cc1ccc(O)cc1)Nc1ccc([N+](=O)[O-])cc1Cl. The highest BCUT2D eigenvalue weighted by Crippen LogP contribution is 2.27. The molecule has 6 heteroatoms. The van der Waals surface area contributed by atoms with E-state index in [-0.39, 0.29) is 17.5 Å². The first-order valence-electron chi connectivity index (χ1n) is 6.44. The number of benzene rings is 2. The predicted octanol–water partition coefficient (Wildman–Crippen LogP) is 4.00. The number of anilines is 1. The van der Waals surface area contributed by atoms with Gasteiger partial charge in [-0.05, 0) is 37.1 Å². The van der Waals surface area contributed by atoms with Gasteiger partial charge in [0.15, 0.2) is 0 Å². The third kappa shape index (κ3) is 4.10. The lowest BCUT2D eigenvalue weighted by molar-refractivity contribution is -0.384. The molecule has 5 nitrogen and oxygen atoms in total. The van der Waals surface area contributed by atoms with Crippen molar-refractivity contribution >= 4 is 23.0 Å². The van der Waals surface area contributed by atoms with Crippen molar-refractivity contribution in [3.63, 3.8) is 0 Å². The molecule has 0 aliphatic carbocycles.